The minimum Gasteiger partial charge on any atom is -0.361 e. The van der Waals surface area contributed by atoms with Crippen LogP contribution in [0.2, 0.25) is 0 Å². The lowest BCUT2D eigenvalue weighted by atomic mass is 10.0. The molecule has 2 aliphatic rings. The SMILES string of the molecule is C[C@H](NC(=O)c1ccc2c(c1)NC(=O)/C2=C\Nc1ccc(CN2CCCCC2)cc1)c1ccc(F)cc1. The van der Waals surface area contributed by atoms with Gasteiger partial charge in [-0.05, 0) is 80.4 Å². The van der Waals surface area contributed by atoms with Crippen LogP contribution in [0.15, 0.2) is 72.9 Å². The molecule has 6 nitrogen and oxygen atoms in total. The van der Waals surface area contributed by atoms with Crippen LogP contribution in [0.25, 0.3) is 5.57 Å². The Morgan fingerprint density at radius 3 is 2.49 bits per heavy atom. The number of piperidine rings is 1. The van der Waals surface area contributed by atoms with E-state index in [-0.39, 0.29) is 23.7 Å². The van der Waals surface area contributed by atoms with Crippen LogP contribution >= 0.6 is 0 Å². The number of nitrogens with one attached hydrogen (secondary N) is 3. The highest BCUT2D eigenvalue weighted by Crippen LogP contribution is 2.32. The minimum absolute atomic E-state index is 0.221. The molecule has 3 N–H and O–H groups in total. The first-order valence-corrected chi connectivity index (χ1v) is 12.8. The fourth-order valence-electron chi connectivity index (χ4n) is 4.83. The summed E-state index contributed by atoms with van der Waals surface area (Å²) in [6.07, 6.45) is 5.59. The van der Waals surface area contributed by atoms with Gasteiger partial charge in [0, 0.05) is 35.2 Å². The first-order valence-electron chi connectivity index (χ1n) is 12.8. The number of benzene rings is 3. The van der Waals surface area contributed by atoms with Gasteiger partial charge in [-0.2, -0.15) is 0 Å². The van der Waals surface area contributed by atoms with Gasteiger partial charge in [-0.1, -0.05) is 36.8 Å². The maximum absolute atomic E-state index is 13.2. The molecule has 2 heterocycles. The molecule has 1 fully saturated rings. The van der Waals surface area contributed by atoms with E-state index in [0.717, 1.165) is 36.4 Å². The van der Waals surface area contributed by atoms with Crippen molar-refractivity contribution in [3.63, 3.8) is 0 Å². The van der Waals surface area contributed by atoms with Gasteiger partial charge in [-0.3, -0.25) is 14.5 Å². The van der Waals surface area contributed by atoms with Crippen LogP contribution in [-0.2, 0) is 11.3 Å². The topological polar surface area (TPSA) is 73.5 Å². The highest BCUT2D eigenvalue weighted by atomic mass is 19.1. The monoisotopic (exact) mass is 498 g/mol. The molecule has 37 heavy (non-hydrogen) atoms. The second-order valence-electron chi connectivity index (χ2n) is 9.70. The average molecular weight is 499 g/mol. The lowest BCUT2D eigenvalue weighted by Gasteiger charge is -2.26. The van der Waals surface area contributed by atoms with Gasteiger partial charge in [-0.25, -0.2) is 4.39 Å². The van der Waals surface area contributed by atoms with Crippen LogP contribution in [0.3, 0.4) is 0 Å². The maximum Gasteiger partial charge on any atom is 0.257 e. The lowest BCUT2D eigenvalue weighted by Crippen LogP contribution is -2.29. The number of anilines is 2. The van der Waals surface area contributed by atoms with Crippen LogP contribution < -0.4 is 16.0 Å². The Balaban J connectivity index is 1.23. The van der Waals surface area contributed by atoms with Gasteiger partial charge in [0.05, 0.1) is 11.6 Å². The third-order valence-corrected chi connectivity index (χ3v) is 6.97. The van der Waals surface area contributed by atoms with Gasteiger partial charge >= 0.3 is 0 Å². The summed E-state index contributed by atoms with van der Waals surface area (Å²) < 4.78 is 13.2. The number of halogens is 1. The standard InChI is InChI=1S/C30H31FN4O2/c1-20(22-7-10-24(31)11-8-22)33-29(36)23-9-14-26-27(30(37)34-28(26)17-23)18-32-25-12-5-21(6-13-25)19-35-15-3-2-4-16-35/h5-14,17-18,20,32H,2-4,15-16,19H2,1H3,(H,33,36)(H,34,37)/b27-18-/t20-/m0/s1. The van der Waals surface area contributed by atoms with E-state index in [1.54, 1.807) is 36.5 Å². The average Bonchev–Trinajstić information content (AvgIpc) is 3.23. The molecule has 2 amide bonds. The molecule has 0 bridgehead atoms. The third kappa shape index (κ3) is 5.89. The molecule has 7 heteroatoms. The zero-order chi connectivity index (χ0) is 25.8. The highest BCUT2D eigenvalue weighted by molar-refractivity contribution is 6.32. The first kappa shape index (κ1) is 24.7. The van der Waals surface area contributed by atoms with Crippen molar-refractivity contribution >= 4 is 28.8 Å². The Morgan fingerprint density at radius 2 is 1.76 bits per heavy atom. The molecule has 0 radical (unpaired) electrons. The summed E-state index contributed by atoms with van der Waals surface area (Å²) in [5, 5.41) is 9.00. The molecular formula is C30H31FN4O2. The number of nitrogens with zero attached hydrogens (tertiary/aromatic N) is 1. The largest absolute Gasteiger partial charge is 0.361 e. The molecule has 3 aromatic rings. The highest BCUT2D eigenvalue weighted by Gasteiger charge is 2.25. The predicted octanol–water partition coefficient (Wildman–Crippen LogP) is 5.71. The van der Waals surface area contributed by atoms with Crippen molar-refractivity contribution < 1.29 is 14.0 Å². The van der Waals surface area contributed by atoms with Gasteiger partial charge in [0.1, 0.15) is 5.82 Å². The molecule has 1 saturated heterocycles. The second-order valence-corrected chi connectivity index (χ2v) is 9.70. The zero-order valence-corrected chi connectivity index (χ0v) is 20.9. The number of carbonyl (C=O) groups excluding carboxylic acids is 2. The van der Waals surface area contributed by atoms with E-state index < -0.39 is 0 Å². The number of hydrogen-bond donors (Lipinski definition) is 3. The van der Waals surface area contributed by atoms with Crippen molar-refractivity contribution in [1.82, 2.24) is 10.2 Å². The normalized spacial score (nSPS) is 17.2. The number of hydrogen-bond acceptors (Lipinski definition) is 4. The summed E-state index contributed by atoms with van der Waals surface area (Å²) in [6, 6.07) is 19.2. The molecule has 190 valence electrons. The quantitative estimate of drug-likeness (QED) is 0.365. The molecule has 0 aliphatic carbocycles. The fraction of sp³-hybridized carbons (Fsp3) is 0.267. The predicted molar refractivity (Wildman–Crippen MR) is 145 cm³/mol. The number of amides is 2. The zero-order valence-electron chi connectivity index (χ0n) is 20.9. The van der Waals surface area contributed by atoms with Crippen LogP contribution in [0, 0.1) is 5.82 Å². The summed E-state index contributed by atoms with van der Waals surface area (Å²) in [7, 11) is 0. The first-order chi connectivity index (χ1) is 18.0. The van der Waals surface area contributed by atoms with Crippen molar-refractivity contribution in [1.29, 1.82) is 0 Å². The minimum atomic E-state index is -0.320. The smallest absolute Gasteiger partial charge is 0.257 e. The van der Waals surface area contributed by atoms with Crippen molar-refractivity contribution in [3.05, 3.63) is 101 Å². The summed E-state index contributed by atoms with van der Waals surface area (Å²) in [6.45, 7) is 5.14. The second kappa shape index (κ2) is 11.0. The molecule has 0 aromatic heterocycles. The van der Waals surface area contributed by atoms with E-state index in [1.807, 2.05) is 19.1 Å². The van der Waals surface area contributed by atoms with Crippen molar-refractivity contribution in [2.75, 3.05) is 23.7 Å². The number of likely N-dealkylation sites (tertiary alicyclic amines) is 1. The summed E-state index contributed by atoms with van der Waals surface area (Å²) >= 11 is 0. The summed E-state index contributed by atoms with van der Waals surface area (Å²) in [5.74, 6) is -0.810. The van der Waals surface area contributed by atoms with Gasteiger partial charge in [0.15, 0.2) is 0 Å². The van der Waals surface area contributed by atoms with E-state index in [4.69, 9.17) is 0 Å². The molecule has 5 rings (SSSR count). The molecular weight excluding hydrogens is 467 g/mol. The fourth-order valence-corrected chi connectivity index (χ4v) is 4.83. The van der Waals surface area contributed by atoms with Crippen molar-refractivity contribution in [2.24, 2.45) is 0 Å². The number of fused-ring (bicyclic) bond motifs is 1. The van der Waals surface area contributed by atoms with Crippen molar-refractivity contribution in [2.45, 2.75) is 38.8 Å². The Labute approximate surface area is 216 Å². The molecule has 3 aromatic carbocycles. The maximum atomic E-state index is 13.2. The summed E-state index contributed by atoms with van der Waals surface area (Å²) in [4.78, 5) is 27.9. The van der Waals surface area contributed by atoms with Crippen LogP contribution in [0.4, 0.5) is 15.8 Å². The van der Waals surface area contributed by atoms with Crippen LogP contribution in [0.5, 0.6) is 0 Å². The van der Waals surface area contributed by atoms with E-state index in [1.165, 1.54) is 37.0 Å². The van der Waals surface area contributed by atoms with E-state index >= 15 is 0 Å². The van der Waals surface area contributed by atoms with E-state index in [2.05, 4.69) is 33.0 Å². The third-order valence-electron chi connectivity index (χ3n) is 6.97. The van der Waals surface area contributed by atoms with E-state index in [9.17, 15) is 14.0 Å². The van der Waals surface area contributed by atoms with Gasteiger partial charge in [0.2, 0.25) is 0 Å². The number of rotatable bonds is 7. The van der Waals surface area contributed by atoms with Crippen molar-refractivity contribution in [3.8, 4) is 0 Å². The van der Waals surface area contributed by atoms with E-state index in [0.29, 0.717) is 16.8 Å². The summed E-state index contributed by atoms with van der Waals surface area (Å²) in [5.41, 5.74) is 5.27. The Kier molecular flexibility index (Phi) is 7.32. The Hall–Kier alpha value is -3.97. The number of carbonyl (C=O) groups is 2. The molecule has 2 aliphatic heterocycles. The molecule has 0 unspecified atom stereocenters. The Morgan fingerprint density at radius 1 is 1.03 bits per heavy atom. The molecule has 0 spiro atoms. The van der Waals surface area contributed by atoms with Crippen LogP contribution in [0.1, 0.15) is 59.3 Å². The molecule has 1 atom stereocenters. The lowest BCUT2D eigenvalue weighted by molar-refractivity contribution is -0.110. The van der Waals surface area contributed by atoms with Crippen LogP contribution in [-0.4, -0.2) is 29.8 Å². The Bertz CT molecular complexity index is 1310. The van der Waals surface area contributed by atoms with Gasteiger partial charge < -0.3 is 16.0 Å². The molecule has 0 saturated carbocycles. The van der Waals surface area contributed by atoms with Gasteiger partial charge in [-0.15, -0.1) is 0 Å². The van der Waals surface area contributed by atoms with Gasteiger partial charge in [0.25, 0.3) is 11.8 Å².